The second-order valence-corrected chi connectivity index (χ2v) is 6.59. The zero-order valence-corrected chi connectivity index (χ0v) is 13.2. The summed E-state index contributed by atoms with van der Waals surface area (Å²) in [5.74, 6) is -0.753. The topological polar surface area (TPSA) is 49.9 Å². The van der Waals surface area contributed by atoms with Gasteiger partial charge in [0.05, 0.1) is 0 Å². The van der Waals surface area contributed by atoms with Gasteiger partial charge in [-0.05, 0) is 27.7 Å². The van der Waals surface area contributed by atoms with Crippen molar-refractivity contribution in [2.75, 3.05) is 20.6 Å². The molecule has 120 valence electrons. The quantitative estimate of drug-likeness (QED) is 0.735. The molecule has 1 atom stereocenters. The van der Waals surface area contributed by atoms with Gasteiger partial charge in [0.1, 0.15) is 16.7 Å². The Morgan fingerprint density at radius 3 is 2.33 bits per heavy atom. The van der Waals surface area contributed by atoms with Crippen molar-refractivity contribution in [2.45, 2.75) is 39.7 Å². The molecule has 1 heterocycles. The fraction of sp³-hybridized carbons (Fsp3) is 0.714. The minimum Gasteiger partial charge on any atom is -0.443 e. The first-order valence-corrected chi connectivity index (χ1v) is 6.60. The molecule has 0 N–H and O–H groups in total. The second-order valence-electron chi connectivity index (χ2n) is 6.59. The van der Waals surface area contributed by atoms with Crippen LogP contribution in [0.2, 0.25) is 0 Å². The molecular formula is C14H22F2N2O3. The lowest BCUT2D eigenvalue weighted by atomic mass is 9.88. The first kappa shape index (κ1) is 17.4. The molecule has 0 aromatic rings. The standard InChI is InChI=1S/C14H22F2N2O3/c1-13(2,3)21-12(20)18-8-14(4,11(15)16)10(19)9(18)7-17(5)6/h7,11H,8H2,1-6H3/b9-7-. The molecule has 0 aliphatic carbocycles. The Labute approximate surface area is 123 Å². The summed E-state index contributed by atoms with van der Waals surface area (Å²) in [6, 6.07) is 0. The molecule has 0 spiro atoms. The van der Waals surface area contributed by atoms with Crippen LogP contribution in [-0.2, 0) is 9.53 Å². The highest BCUT2D eigenvalue weighted by molar-refractivity contribution is 6.05. The lowest BCUT2D eigenvalue weighted by Crippen LogP contribution is -2.38. The molecule has 5 nitrogen and oxygen atoms in total. The Balaban J connectivity index is 3.17. The average molecular weight is 304 g/mol. The first-order valence-electron chi connectivity index (χ1n) is 6.60. The number of alkyl halides is 2. The Hall–Kier alpha value is -1.66. The minimum atomic E-state index is -2.86. The molecule has 1 unspecified atom stereocenters. The number of ketones is 1. The molecule has 7 heteroatoms. The number of likely N-dealkylation sites (tertiary alicyclic amines) is 1. The fourth-order valence-electron chi connectivity index (χ4n) is 1.92. The Morgan fingerprint density at radius 2 is 1.95 bits per heavy atom. The number of carbonyl (C=O) groups is 2. The zero-order chi connectivity index (χ0) is 16.6. The number of hydrogen-bond donors (Lipinski definition) is 0. The molecule has 0 aromatic carbocycles. The highest BCUT2D eigenvalue weighted by Gasteiger charge is 2.54. The van der Waals surface area contributed by atoms with Crippen molar-refractivity contribution >= 4 is 11.9 Å². The number of ether oxygens (including phenoxy) is 1. The highest BCUT2D eigenvalue weighted by atomic mass is 19.3. The van der Waals surface area contributed by atoms with Crippen LogP contribution in [0, 0.1) is 5.41 Å². The maximum Gasteiger partial charge on any atom is 0.415 e. The Bertz CT molecular complexity index is 469. The fourth-order valence-corrected chi connectivity index (χ4v) is 1.92. The summed E-state index contributed by atoms with van der Waals surface area (Å²) in [5, 5.41) is 0. The van der Waals surface area contributed by atoms with Gasteiger partial charge in [-0.3, -0.25) is 9.69 Å². The number of amides is 1. The van der Waals surface area contributed by atoms with E-state index in [4.69, 9.17) is 4.74 Å². The largest absolute Gasteiger partial charge is 0.443 e. The summed E-state index contributed by atoms with van der Waals surface area (Å²) in [4.78, 5) is 26.9. The van der Waals surface area contributed by atoms with E-state index in [2.05, 4.69) is 0 Å². The molecule has 0 bridgehead atoms. The molecule has 1 aliphatic rings. The van der Waals surface area contributed by atoms with E-state index < -0.39 is 35.9 Å². The molecule has 1 rings (SSSR count). The van der Waals surface area contributed by atoms with Crippen molar-refractivity contribution in [3.05, 3.63) is 11.9 Å². The third-order valence-corrected chi connectivity index (χ3v) is 3.00. The second kappa shape index (κ2) is 5.61. The van der Waals surface area contributed by atoms with Crippen molar-refractivity contribution in [3.63, 3.8) is 0 Å². The number of rotatable bonds is 2. The van der Waals surface area contributed by atoms with Crippen LogP contribution in [0.4, 0.5) is 13.6 Å². The normalized spacial score (nSPS) is 24.9. The number of allylic oxidation sites excluding steroid dienone is 1. The van der Waals surface area contributed by atoms with Gasteiger partial charge in [-0.25, -0.2) is 13.6 Å². The van der Waals surface area contributed by atoms with Crippen LogP contribution < -0.4 is 0 Å². The summed E-state index contributed by atoms with van der Waals surface area (Å²) < 4.78 is 31.6. The maximum absolute atomic E-state index is 13.2. The molecule has 1 amide bonds. The third kappa shape index (κ3) is 3.71. The molecule has 0 aromatic heterocycles. The number of Topliss-reactive ketones (excluding diaryl/α,β-unsaturated/α-hetero) is 1. The van der Waals surface area contributed by atoms with Crippen LogP contribution in [0.1, 0.15) is 27.7 Å². The van der Waals surface area contributed by atoms with Crippen molar-refractivity contribution in [1.29, 1.82) is 0 Å². The summed E-state index contributed by atoms with van der Waals surface area (Å²) in [6.45, 7) is 5.78. The van der Waals surface area contributed by atoms with Crippen LogP contribution in [-0.4, -0.2) is 54.3 Å². The van der Waals surface area contributed by atoms with E-state index in [-0.39, 0.29) is 5.70 Å². The SMILES string of the molecule is CN(C)/C=C1/C(=O)C(C)(C(F)F)CN1C(=O)OC(C)(C)C. The van der Waals surface area contributed by atoms with E-state index in [9.17, 15) is 18.4 Å². The van der Waals surface area contributed by atoms with Gasteiger partial charge in [0.25, 0.3) is 6.43 Å². The molecule has 1 fully saturated rings. The van der Waals surface area contributed by atoms with Gasteiger partial charge < -0.3 is 9.64 Å². The van der Waals surface area contributed by atoms with Gasteiger partial charge in [0.15, 0.2) is 5.78 Å². The molecule has 0 radical (unpaired) electrons. The molecule has 1 aliphatic heterocycles. The van der Waals surface area contributed by atoms with E-state index in [0.29, 0.717) is 0 Å². The minimum absolute atomic E-state index is 0.0722. The molecular weight excluding hydrogens is 282 g/mol. The van der Waals surface area contributed by atoms with Crippen LogP contribution in [0.25, 0.3) is 0 Å². The van der Waals surface area contributed by atoms with Gasteiger partial charge in [-0.2, -0.15) is 0 Å². The monoisotopic (exact) mass is 304 g/mol. The molecule has 0 saturated carbocycles. The number of carbonyl (C=O) groups excluding carboxylic acids is 2. The summed E-state index contributed by atoms with van der Waals surface area (Å²) in [6.07, 6.45) is -2.30. The number of halogens is 2. The Kier molecular flexibility index (Phi) is 4.65. The Morgan fingerprint density at radius 1 is 1.43 bits per heavy atom. The van der Waals surface area contributed by atoms with E-state index in [1.165, 1.54) is 11.1 Å². The van der Waals surface area contributed by atoms with Crippen molar-refractivity contribution in [3.8, 4) is 0 Å². The van der Waals surface area contributed by atoms with Crippen LogP contribution in [0.5, 0.6) is 0 Å². The first-order chi connectivity index (χ1) is 9.38. The van der Waals surface area contributed by atoms with Gasteiger partial charge >= 0.3 is 6.09 Å². The van der Waals surface area contributed by atoms with Crippen molar-refractivity contribution in [2.24, 2.45) is 5.41 Å². The zero-order valence-electron chi connectivity index (χ0n) is 13.2. The van der Waals surface area contributed by atoms with E-state index in [0.717, 1.165) is 11.8 Å². The summed E-state index contributed by atoms with van der Waals surface area (Å²) in [5.41, 5.74) is -2.75. The van der Waals surface area contributed by atoms with Gasteiger partial charge in [0.2, 0.25) is 0 Å². The van der Waals surface area contributed by atoms with Gasteiger partial charge in [-0.1, -0.05) is 0 Å². The van der Waals surface area contributed by atoms with E-state index >= 15 is 0 Å². The lowest BCUT2D eigenvalue weighted by Gasteiger charge is -2.26. The smallest absolute Gasteiger partial charge is 0.415 e. The number of nitrogens with zero attached hydrogens (tertiary/aromatic N) is 2. The van der Waals surface area contributed by atoms with Crippen molar-refractivity contribution in [1.82, 2.24) is 9.80 Å². The molecule has 1 saturated heterocycles. The predicted molar refractivity (Wildman–Crippen MR) is 73.8 cm³/mol. The molecule has 21 heavy (non-hydrogen) atoms. The summed E-state index contributed by atoms with van der Waals surface area (Å²) >= 11 is 0. The summed E-state index contributed by atoms with van der Waals surface area (Å²) in [7, 11) is 3.29. The van der Waals surface area contributed by atoms with Crippen LogP contribution in [0.15, 0.2) is 11.9 Å². The van der Waals surface area contributed by atoms with Crippen LogP contribution in [0.3, 0.4) is 0 Å². The van der Waals surface area contributed by atoms with Gasteiger partial charge in [-0.15, -0.1) is 0 Å². The number of hydrogen-bond acceptors (Lipinski definition) is 4. The van der Waals surface area contributed by atoms with E-state index in [1.807, 2.05) is 0 Å². The predicted octanol–water partition coefficient (Wildman–Crippen LogP) is 2.48. The van der Waals surface area contributed by atoms with Gasteiger partial charge in [0, 0.05) is 26.8 Å². The lowest BCUT2D eigenvalue weighted by molar-refractivity contribution is -0.129. The highest BCUT2D eigenvalue weighted by Crippen LogP contribution is 2.39. The maximum atomic E-state index is 13.2. The third-order valence-electron chi connectivity index (χ3n) is 3.00. The average Bonchev–Trinajstić information content (AvgIpc) is 2.52. The van der Waals surface area contributed by atoms with Crippen molar-refractivity contribution < 1.29 is 23.1 Å². The van der Waals surface area contributed by atoms with Crippen LogP contribution >= 0.6 is 0 Å². The van der Waals surface area contributed by atoms with E-state index in [1.54, 1.807) is 34.9 Å².